The molecule has 1 aromatic carbocycles. The van der Waals surface area contributed by atoms with E-state index in [1.54, 1.807) is 48.5 Å². The van der Waals surface area contributed by atoms with Crippen molar-refractivity contribution in [1.82, 2.24) is 4.90 Å². The molecule has 0 bridgehead atoms. The quantitative estimate of drug-likeness (QED) is 0.918. The SMILES string of the molecule is C[C@@H](c1ccco1)N(C)C(=O)Cc1ccccc1C(=O)O. The molecule has 2 aromatic rings. The van der Waals surface area contributed by atoms with Crippen molar-refractivity contribution >= 4 is 11.9 Å². The van der Waals surface area contributed by atoms with Crippen molar-refractivity contribution in [2.45, 2.75) is 19.4 Å². The number of nitrogens with zero attached hydrogens (tertiary/aromatic N) is 1. The molecule has 0 saturated heterocycles. The van der Waals surface area contributed by atoms with Gasteiger partial charge in [0.25, 0.3) is 0 Å². The van der Waals surface area contributed by atoms with Crippen molar-refractivity contribution in [1.29, 1.82) is 0 Å². The summed E-state index contributed by atoms with van der Waals surface area (Å²) in [7, 11) is 1.68. The van der Waals surface area contributed by atoms with E-state index in [0.29, 0.717) is 11.3 Å². The van der Waals surface area contributed by atoms with E-state index in [4.69, 9.17) is 9.52 Å². The normalized spacial score (nSPS) is 11.9. The molecule has 1 N–H and O–H groups in total. The summed E-state index contributed by atoms with van der Waals surface area (Å²) in [5.74, 6) is -0.495. The van der Waals surface area contributed by atoms with Crippen LogP contribution in [-0.4, -0.2) is 28.9 Å². The van der Waals surface area contributed by atoms with Gasteiger partial charge in [0.05, 0.1) is 24.3 Å². The van der Waals surface area contributed by atoms with Crippen LogP contribution in [0.1, 0.15) is 34.6 Å². The van der Waals surface area contributed by atoms with E-state index in [1.807, 2.05) is 6.92 Å². The zero-order chi connectivity index (χ0) is 15.4. The Kier molecular flexibility index (Phi) is 4.42. The molecule has 1 heterocycles. The van der Waals surface area contributed by atoms with Crippen LogP contribution in [0, 0.1) is 0 Å². The molecule has 1 aromatic heterocycles. The van der Waals surface area contributed by atoms with Crippen molar-refractivity contribution in [3.8, 4) is 0 Å². The lowest BCUT2D eigenvalue weighted by atomic mass is 10.0. The van der Waals surface area contributed by atoms with Gasteiger partial charge in [-0.15, -0.1) is 0 Å². The van der Waals surface area contributed by atoms with Crippen molar-refractivity contribution in [2.75, 3.05) is 7.05 Å². The first kappa shape index (κ1) is 14.8. The maximum absolute atomic E-state index is 12.3. The Balaban J connectivity index is 2.13. The number of hydrogen-bond acceptors (Lipinski definition) is 3. The first-order valence-corrected chi connectivity index (χ1v) is 6.61. The van der Waals surface area contributed by atoms with Crippen LogP contribution in [0.2, 0.25) is 0 Å². The van der Waals surface area contributed by atoms with Gasteiger partial charge in [-0.1, -0.05) is 18.2 Å². The van der Waals surface area contributed by atoms with Gasteiger partial charge in [0.15, 0.2) is 0 Å². The van der Waals surface area contributed by atoms with Gasteiger partial charge in [-0.2, -0.15) is 0 Å². The van der Waals surface area contributed by atoms with Crippen LogP contribution in [0.5, 0.6) is 0 Å². The molecule has 0 unspecified atom stereocenters. The summed E-state index contributed by atoms with van der Waals surface area (Å²) in [6, 6.07) is 9.90. The number of amides is 1. The summed E-state index contributed by atoms with van der Waals surface area (Å²) in [5, 5.41) is 9.14. The van der Waals surface area contributed by atoms with Gasteiger partial charge in [0.2, 0.25) is 5.91 Å². The highest BCUT2D eigenvalue weighted by Gasteiger charge is 2.21. The van der Waals surface area contributed by atoms with Crippen LogP contribution >= 0.6 is 0 Å². The average Bonchev–Trinajstić information content (AvgIpc) is 3.00. The Morgan fingerprint density at radius 3 is 2.57 bits per heavy atom. The summed E-state index contributed by atoms with van der Waals surface area (Å²) in [6.07, 6.45) is 1.61. The third-order valence-electron chi connectivity index (χ3n) is 3.52. The van der Waals surface area contributed by atoms with Crippen LogP contribution in [0.15, 0.2) is 47.1 Å². The fourth-order valence-corrected chi connectivity index (χ4v) is 2.11. The number of hydrogen-bond donors (Lipinski definition) is 1. The molecule has 1 atom stereocenters. The van der Waals surface area contributed by atoms with Crippen LogP contribution in [0.3, 0.4) is 0 Å². The first-order valence-electron chi connectivity index (χ1n) is 6.61. The predicted molar refractivity (Wildman–Crippen MR) is 77.0 cm³/mol. The lowest BCUT2D eigenvalue weighted by Crippen LogP contribution is -2.31. The third kappa shape index (κ3) is 3.31. The number of benzene rings is 1. The van der Waals surface area contributed by atoms with Gasteiger partial charge in [0.1, 0.15) is 5.76 Å². The average molecular weight is 287 g/mol. The lowest BCUT2D eigenvalue weighted by Gasteiger charge is -2.23. The summed E-state index contributed by atoms with van der Waals surface area (Å²) >= 11 is 0. The van der Waals surface area contributed by atoms with E-state index in [9.17, 15) is 9.59 Å². The molecule has 0 aliphatic rings. The van der Waals surface area contributed by atoms with Crippen LogP contribution in [0.4, 0.5) is 0 Å². The zero-order valence-corrected chi connectivity index (χ0v) is 11.9. The maximum Gasteiger partial charge on any atom is 0.335 e. The Hall–Kier alpha value is -2.56. The van der Waals surface area contributed by atoms with E-state index in [1.165, 1.54) is 6.07 Å². The van der Waals surface area contributed by atoms with Gasteiger partial charge in [-0.05, 0) is 30.7 Å². The number of aromatic carboxylic acids is 1. The summed E-state index contributed by atoms with van der Waals surface area (Å²) in [5.41, 5.74) is 0.665. The molecule has 0 aliphatic heterocycles. The maximum atomic E-state index is 12.3. The number of carboxylic acid groups (broad SMARTS) is 1. The molecule has 110 valence electrons. The molecule has 1 amide bonds. The molecule has 0 aliphatic carbocycles. The second-order valence-electron chi connectivity index (χ2n) is 4.84. The summed E-state index contributed by atoms with van der Waals surface area (Å²) in [4.78, 5) is 25.0. The molecule has 0 saturated carbocycles. The minimum absolute atomic E-state index is 0.0457. The monoisotopic (exact) mass is 287 g/mol. The molecule has 2 rings (SSSR count). The third-order valence-corrected chi connectivity index (χ3v) is 3.52. The Labute approximate surface area is 122 Å². The van der Waals surface area contributed by atoms with Crippen molar-refractivity contribution in [3.05, 3.63) is 59.5 Å². The van der Waals surface area contributed by atoms with Crippen LogP contribution < -0.4 is 0 Å². The summed E-state index contributed by atoms with van der Waals surface area (Å²) < 4.78 is 5.29. The van der Waals surface area contributed by atoms with E-state index < -0.39 is 5.97 Å². The van der Waals surface area contributed by atoms with E-state index >= 15 is 0 Å². The number of furan rings is 1. The number of carboxylic acids is 1. The van der Waals surface area contributed by atoms with Gasteiger partial charge < -0.3 is 14.4 Å². The molecule has 0 spiro atoms. The summed E-state index contributed by atoms with van der Waals surface area (Å²) in [6.45, 7) is 1.86. The Morgan fingerprint density at radius 1 is 1.24 bits per heavy atom. The number of carbonyl (C=O) groups is 2. The molecule has 5 nitrogen and oxygen atoms in total. The van der Waals surface area contributed by atoms with E-state index in [-0.39, 0.29) is 23.9 Å². The van der Waals surface area contributed by atoms with E-state index in [2.05, 4.69) is 0 Å². The second-order valence-corrected chi connectivity index (χ2v) is 4.84. The highest BCUT2D eigenvalue weighted by atomic mass is 16.4. The second kappa shape index (κ2) is 6.26. The highest BCUT2D eigenvalue weighted by molar-refractivity contribution is 5.91. The number of rotatable bonds is 5. The Morgan fingerprint density at radius 2 is 1.95 bits per heavy atom. The van der Waals surface area contributed by atoms with Gasteiger partial charge >= 0.3 is 5.97 Å². The number of carbonyl (C=O) groups excluding carboxylic acids is 1. The molecule has 0 fully saturated rings. The minimum Gasteiger partial charge on any atom is -0.478 e. The zero-order valence-electron chi connectivity index (χ0n) is 11.9. The van der Waals surface area contributed by atoms with Crippen LogP contribution in [0.25, 0.3) is 0 Å². The molecule has 21 heavy (non-hydrogen) atoms. The molecule has 5 heteroatoms. The fourth-order valence-electron chi connectivity index (χ4n) is 2.11. The molecule has 0 radical (unpaired) electrons. The van der Waals surface area contributed by atoms with Gasteiger partial charge in [-0.25, -0.2) is 4.79 Å². The van der Waals surface area contributed by atoms with E-state index in [0.717, 1.165) is 0 Å². The van der Waals surface area contributed by atoms with Gasteiger partial charge in [0, 0.05) is 7.05 Å². The lowest BCUT2D eigenvalue weighted by molar-refractivity contribution is -0.131. The number of likely N-dealkylation sites (N-methyl/N-ethyl adjacent to an activating group) is 1. The molecular weight excluding hydrogens is 270 g/mol. The van der Waals surface area contributed by atoms with Gasteiger partial charge in [-0.3, -0.25) is 4.79 Å². The fraction of sp³-hybridized carbons (Fsp3) is 0.250. The van der Waals surface area contributed by atoms with Crippen molar-refractivity contribution in [2.24, 2.45) is 0 Å². The topological polar surface area (TPSA) is 70.8 Å². The smallest absolute Gasteiger partial charge is 0.335 e. The molecular formula is C16H17NO4. The van der Waals surface area contributed by atoms with Crippen molar-refractivity contribution in [3.63, 3.8) is 0 Å². The van der Waals surface area contributed by atoms with Crippen molar-refractivity contribution < 1.29 is 19.1 Å². The predicted octanol–water partition coefficient (Wildman–Crippen LogP) is 2.74. The largest absolute Gasteiger partial charge is 0.478 e. The van der Waals surface area contributed by atoms with Crippen LogP contribution in [-0.2, 0) is 11.2 Å². The first-order chi connectivity index (χ1) is 10.0. The minimum atomic E-state index is -1.03. The Bertz CT molecular complexity index is 633. The highest BCUT2D eigenvalue weighted by Crippen LogP contribution is 2.20. The standard InChI is InChI=1S/C16H17NO4/c1-11(14-8-5-9-21-14)17(2)15(18)10-12-6-3-4-7-13(12)16(19)20/h3-9,11H,10H2,1-2H3,(H,19,20)/t11-/m0/s1.